The van der Waals surface area contributed by atoms with Crippen LogP contribution in [0.5, 0.6) is 5.75 Å². The fourth-order valence-electron chi connectivity index (χ4n) is 1.53. The Morgan fingerprint density at radius 1 is 1.47 bits per heavy atom. The van der Waals surface area contributed by atoms with Crippen molar-refractivity contribution in [1.29, 1.82) is 0 Å². The van der Waals surface area contributed by atoms with E-state index in [0.29, 0.717) is 18.0 Å². The highest BCUT2D eigenvalue weighted by Gasteiger charge is 2.11. The Morgan fingerprint density at radius 3 is 2.93 bits per heavy atom. The zero-order valence-corrected chi connectivity index (χ0v) is 8.86. The number of benzene rings is 1. The van der Waals surface area contributed by atoms with E-state index in [9.17, 15) is 5.11 Å². The molecule has 0 fully saturated rings. The van der Waals surface area contributed by atoms with Crippen molar-refractivity contribution in [2.24, 2.45) is 0 Å². The summed E-state index contributed by atoms with van der Waals surface area (Å²) in [4.78, 5) is 0. The number of hydrogen-bond acceptors (Lipinski definition) is 3. The second-order valence-corrected chi connectivity index (χ2v) is 3.43. The summed E-state index contributed by atoms with van der Waals surface area (Å²) in [6.07, 6.45) is -0.591. The summed E-state index contributed by atoms with van der Waals surface area (Å²) in [5.74, 6) is 1.29. The van der Waals surface area contributed by atoms with Gasteiger partial charge in [0.1, 0.15) is 11.9 Å². The lowest BCUT2D eigenvalue weighted by Gasteiger charge is -2.02. The van der Waals surface area contributed by atoms with E-state index in [-0.39, 0.29) is 0 Å². The first-order valence-electron chi connectivity index (χ1n) is 5.05. The van der Waals surface area contributed by atoms with E-state index in [4.69, 9.17) is 9.15 Å². The third kappa shape index (κ3) is 1.83. The Hall–Kier alpha value is -1.48. The van der Waals surface area contributed by atoms with Gasteiger partial charge < -0.3 is 14.3 Å². The largest absolute Gasteiger partial charge is 0.490 e. The van der Waals surface area contributed by atoms with Gasteiger partial charge in [0.2, 0.25) is 0 Å². The molecule has 0 amide bonds. The maximum Gasteiger partial charge on any atom is 0.176 e. The molecular formula is C12H14O3. The van der Waals surface area contributed by atoms with Gasteiger partial charge in [-0.1, -0.05) is 12.1 Å². The Balaban J connectivity index is 2.54. The number of hydrogen-bond donors (Lipinski definition) is 1. The number of fused-ring (bicyclic) bond motifs is 1. The maximum absolute atomic E-state index is 9.41. The second kappa shape index (κ2) is 3.95. The lowest BCUT2D eigenvalue weighted by Crippen LogP contribution is -1.90. The van der Waals surface area contributed by atoms with E-state index in [1.807, 2.05) is 31.2 Å². The summed E-state index contributed by atoms with van der Waals surface area (Å²) in [6, 6.07) is 7.55. The molecule has 0 spiro atoms. The molecule has 0 saturated carbocycles. The van der Waals surface area contributed by atoms with Crippen molar-refractivity contribution < 1.29 is 14.3 Å². The minimum Gasteiger partial charge on any atom is -0.490 e. The van der Waals surface area contributed by atoms with Crippen LogP contribution in [0.2, 0.25) is 0 Å². The normalized spacial score (nSPS) is 13.0. The van der Waals surface area contributed by atoms with Crippen LogP contribution in [0.4, 0.5) is 0 Å². The highest BCUT2D eigenvalue weighted by molar-refractivity contribution is 5.83. The van der Waals surface area contributed by atoms with E-state index in [1.54, 1.807) is 6.92 Å². The van der Waals surface area contributed by atoms with Crippen LogP contribution in [-0.4, -0.2) is 11.7 Å². The van der Waals surface area contributed by atoms with Crippen LogP contribution in [0, 0.1) is 0 Å². The predicted octanol–water partition coefficient (Wildman–Crippen LogP) is 2.88. The van der Waals surface area contributed by atoms with Gasteiger partial charge in [-0.3, -0.25) is 0 Å². The third-order valence-corrected chi connectivity index (χ3v) is 2.24. The standard InChI is InChI=1S/C12H14O3/c1-3-14-10-6-4-5-9-7-11(8(2)13)15-12(9)10/h4-8,13H,3H2,1-2H3. The maximum atomic E-state index is 9.41. The number of ether oxygens (including phenoxy) is 1. The predicted molar refractivity (Wildman–Crippen MR) is 58.0 cm³/mol. The van der Waals surface area contributed by atoms with Gasteiger partial charge in [0, 0.05) is 5.39 Å². The summed E-state index contributed by atoms with van der Waals surface area (Å²) in [7, 11) is 0. The minimum absolute atomic E-state index is 0.567. The van der Waals surface area contributed by atoms with Crippen LogP contribution in [0.3, 0.4) is 0 Å². The number of para-hydroxylation sites is 1. The van der Waals surface area contributed by atoms with Gasteiger partial charge >= 0.3 is 0 Å². The van der Waals surface area contributed by atoms with Crippen molar-refractivity contribution in [1.82, 2.24) is 0 Å². The summed E-state index contributed by atoms with van der Waals surface area (Å²) < 4.78 is 11.0. The first kappa shape index (κ1) is 10.1. The number of aliphatic hydroxyl groups is 1. The summed E-state index contributed by atoms with van der Waals surface area (Å²) in [6.45, 7) is 4.21. The van der Waals surface area contributed by atoms with Crippen LogP contribution in [-0.2, 0) is 0 Å². The first-order valence-corrected chi connectivity index (χ1v) is 5.05. The van der Waals surface area contributed by atoms with Gasteiger partial charge in [0.15, 0.2) is 11.3 Å². The third-order valence-electron chi connectivity index (χ3n) is 2.24. The lowest BCUT2D eigenvalue weighted by atomic mass is 10.2. The summed E-state index contributed by atoms with van der Waals surface area (Å²) >= 11 is 0. The quantitative estimate of drug-likeness (QED) is 0.839. The summed E-state index contributed by atoms with van der Waals surface area (Å²) in [5, 5.41) is 10.4. The second-order valence-electron chi connectivity index (χ2n) is 3.43. The van der Waals surface area contributed by atoms with Crippen LogP contribution < -0.4 is 4.74 Å². The van der Waals surface area contributed by atoms with Crippen molar-refractivity contribution in [2.75, 3.05) is 6.61 Å². The van der Waals surface area contributed by atoms with E-state index in [2.05, 4.69) is 0 Å². The molecular weight excluding hydrogens is 192 g/mol. The molecule has 0 radical (unpaired) electrons. The molecule has 1 aromatic carbocycles. The zero-order chi connectivity index (χ0) is 10.8. The molecule has 0 aliphatic heterocycles. The Morgan fingerprint density at radius 2 is 2.27 bits per heavy atom. The van der Waals surface area contributed by atoms with Crippen LogP contribution in [0.1, 0.15) is 25.7 Å². The minimum atomic E-state index is -0.591. The molecule has 1 atom stereocenters. The van der Waals surface area contributed by atoms with Crippen molar-refractivity contribution in [3.8, 4) is 5.75 Å². The Labute approximate surface area is 88.3 Å². The van der Waals surface area contributed by atoms with Gasteiger partial charge in [0.05, 0.1) is 6.61 Å². The molecule has 1 aromatic heterocycles. The van der Waals surface area contributed by atoms with Crippen molar-refractivity contribution in [2.45, 2.75) is 20.0 Å². The molecule has 0 saturated heterocycles. The van der Waals surface area contributed by atoms with Gasteiger partial charge in [-0.15, -0.1) is 0 Å². The SMILES string of the molecule is CCOc1cccc2cc(C(C)O)oc12. The number of aliphatic hydroxyl groups excluding tert-OH is 1. The summed E-state index contributed by atoms with van der Waals surface area (Å²) in [5.41, 5.74) is 0.704. The van der Waals surface area contributed by atoms with Crippen molar-refractivity contribution in [3.63, 3.8) is 0 Å². The smallest absolute Gasteiger partial charge is 0.176 e. The number of rotatable bonds is 3. The fourth-order valence-corrected chi connectivity index (χ4v) is 1.53. The molecule has 2 aromatic rings. The average Bonchev–Trinajstić information content (AvgIpc) is 2.63. The Kier molecular flexibility index (Phi) is 2.64. The molecule has 1 N–H and O–H groups in total. The monoisotopic (exact) mass is 206 g/mol. The topological polar surface area (TPSA) is 42.6 Å². The molecule has 0 aliphatic rings. The van der Waals surface area contributed by atoms with Crippen molar-refractivity contribution in [3.05, 3.63) is 30.0 Å². The molecule has 15 heavy (non-hydrogen) atoms. The van der Waals surface area contributed by atoms with E-state index >= 15 is 0 Å². The Bertz CT molecular complexity index is 457. The van der Waals surface area contributed by atoms with E-state index < -0.39 is 6.10 Å². The highest BCUT2D eigenvalue weighted by Crippen LogP contribution is 2.30. The van der Waals surface area contributed by atoms with Crippen LogP contribution >= 0.6 is 0 Å². The molecule has 0 bridgehead atoms. The number of furan rings is 1. The molecule has 0 aliphatic carbocycles. The van der Waals surface area contributed by atoms with Gasteiger partial charge in [-0.25, -0.2) is 0 Å². The molecule has 1 heterocycles. The molecule has 3 heteroatoms. The zero-order valence-electron chi connectivity index (χ0n) is 8.86. The van der Waals surface area contributed by atoms with E-state index in [1.165, 1.54) is 0 Å². The molecule has 1 unspecified atom stereocenters. The van der Waals surface area contributed by atoms with E-state index in [0.717, 1.165) is 11.1 Å². The fraction of sp³-hybridized carbons (Fsp3) is 0.333. The van der Waals surface area contributed by atoms with Crippen LogP contribution in [0.25, 0.3) is 11.0 Å². The lowest BCUT2D eigenvalue weighted by molar-refractivity contribution is 0.171. The highest BCUT2D eigenvalue weighted by atomic mass is 16.5. The molecule has 2 rings (SSSR count). The van der Waals surface area contributed by atoms with Crippen molar-refractivity contribution >= 4 is 11.0 Å². The first-order chi connectivity index (χ1) is 7.22. The van der Waals surface area contributed by atoms with Gasteiger partial charge in [-0.2, -0.15) is 0 Å². The van der Waals surface area contributed by atoms with Gasteiger partial charge in [0.25, 0.3) is 0 Å². The van der Waals surface area contributed by atoms with Gasteiger partial charge in [-0.05, 0) is 26.0 Å². The average molecular weight is 206 g/mol. The van der Waals surface area contributed by atoms with Crippen LogP contribution in [0.15, 0.2) is 28.7 Å². The molecule has 3 nitrogen and oxygen atoms in total. The molecule has 80 valence electrons.